The van der Waals surface area contributed by atoms with Crippen molar-refractivity contribution in [1.29, 1.82) is 0 Å². The summed E-state index contributed by atoms with van der Waals surface area (Å²) < 4.78 is 0. The summed E-state index contributed by atoms with van der Waals surface area (Å²) in [5.74, 6) is -0.0827. The van der Waals surface area contributed by atoms with Gasteiger partial charge in [-0.05, 0) is 6.92 Å². The Morgan fingerprint density at radius 3 is 2.48 bits per heavy atom. The minimum atomic E-state index is -0.135. The number of carbonyl (C=O) groups excluding carboxylic acids is 1. The molecule has 0 radical (unpaired) electrons. The number of piperazine rings is 1. The van der Waals surface area contributed by atoms with Crippen LogP contribution in [0.15, 0.2) is 34.9 Å². The molecule has 21 heavy (non-hydrogen) atoms. The van der Waals surface area contributed by atoms with Gasteiger partial charge in [-0.25, -0.2) is 0 Å². The summed E-state index contributed by atoms with van der Waals surface area (Å²) in [5.41, 5.74) is 2.09. The minimum absolute atomic E-state index is 0.0524. The molecule has 1 aliphatic carbocycles. The number of rotatable bonds is 2. The van der Waals surface area contributed by atoms with Gasteiger partial charge < -0.3 is 10.0 Å². The van der Waals surface area contributed by atoms with Gasteiger partial charge in [-0.2, -0.15) is 5.10 Å². The number of aliphatic hydroxyl groups is 1. The number of hydrazone groups is 1. The van der Waals surface area contributed by atoms with E-state index in [2.05, 4.69) is 12.1 Å². The Bertz CT molecular complexity index is 641. The van der Waals surface area contributed by atoms with Crippen LogP contribution in [0, 0.1) is 0 Å². The van der Waals surface area contributed by atoms with Crippen molar-refractivity contribution in [2.45, 2.75) is 6.92 Å². The maximum atomic E-state index is 12.4. The Hall–Kier alpha value is -2.14. The Balaban J connectivity index is 1.87. The molecule has 0 amide bonds. The number of likely N-dealkylation sites (N-methyl/N-ethyl adjacent to an activating group) is 1. The highest BCUT2D eigenvalue weighted by atomic mass is 16.3. The van der Waals surface area contributed by atoms with Gasteiger partial charge in [0.1, 0.15) is 5.76 Å². The zero-order valence-electron chi connectivity index (χ0n) is 12.4. The first-order valence-corrected chi connectivity index (χ1v) is 7.27. The number of aliphatic hydroxyl groups excluding tert-OH is 1. The Morgan fingerprint density at radius 1 is 1.24 bits per heavy atom. The van der Waals surface area contributed by atoms with Gasteiger partial charge in [-0.15, -0.1) is 0 Å². The second-order valence-electron chi connectivity index (χ2n) is 5.69. The Labute approximate surface area is 124 Å². The highest BCUT2D eigenvalue weighted by Gasteiger charge is 2.31. The number of hydrogen-bond donors (Lipinski definition) is 2. The molecule has 1 aromatic rings. The number of quaternary nitrogens is 1. The van der Waals surface area contributed by atoms with Crippen molar-refractivity contribution in [1.82, 2.24) is 5.01 Å². The van der Waals surface area contributed by atoms with Gasteiger partial charge in [0, 0.05) is 11.1 Å². The molecular formula is C16H20N3O2+. The molecule has 1 fully saturated rings. The molecule has 0 saturated carbocycles. The number of nitrogens with zero attached hydrogens (tertiary/aromatic N) is 2. The van der Waals surface area contributed by atoms with Crippen LogP contribution in [0.4, 0.5) is 0 Å². The third-order valence-corrected chi connectivity index (χ3v) is 4.14. The second kappa shape index (κ2) is 5.33. The van der Waals surface area contributed by atoms with E-state index in [0.717, 1.165) is 26.2 Å². The van der Waals surface area contributed by atoms with E-state index in [1.807, 2.05) is 17.1 Å². The van der Waals surface area contributed by atoms with Gasteiger partial charge in [-0.3, -0.25) is 9.80 Å². The lowest BCUT2D eigenvalue weighted by atomic mass is 10.1. The SMILES string of the molecule is C/C(=N\N1CC[NH+](C)CC1)C1=C(O)c2ccccc2C1=O. The highest BCUT2D eigenvalue weighted by Crippen LogP contribution is 2.31. The quantitative estimate of drug-likeness (QED) is 0.772. The number of hydrogen-bond acceptors (Lipinski definition) is 4. The fourth-order valence-electron chi connectivity index (χ4n) is 2.84. The molecule has 0 bridgehead atoms. The zero-order valence-corrected chi connectivity index (χ0v) is 12.4. The number of allylic oxidation sites excluding steroid dienone is 1. The van der Waals surface area contributed by atoms with E-state index in [9.17, 15) is 9.90 Å². The molecule has 1 saturated heterocycles. The molecule has 3 rings (SSSR count). The van der Waals surface area contributed by atoms with Gasteiger partial charge in [-0.1, -0.05) is 24.3 Å². The van der Waals surface area contributed by atoms with Crippen molar-refractivity contribution in [2.24, 2.45) is 5.10 Å². The van der Waals surface area contributed by atoms with E-state index in [1.165, 1.54) is 4.90 Å². The average Bonchev–Trinajstić information content (AvgIpc) is 2.74. The van der Waals surface area contributed by atoms with Crippen LogP contribution < -0.4 is 4.90 Å². The molecule has 0 atom stereocenters. The van der Waals surface area contributed by atoms with Crippen LogP contribution in [-0.4, -0.2) is 54.8 Å². The first kappa shape index (κ1) is 13.8. The predicted molar refractivity (Wildman–Crippen MR) is 81.6 cm³/mol. The lowest BCUT2D eigenvalue weighted by molar-refractivity contribution is -0.884. The number of fused-ring (bicyclic) bond motifs is 1. The number of benzene rings is 1. The summed E-state index contributed by atoms with van der Waals surface area (Å²) in [6.45, 7) is 5.61. The zero-order chi connectivity index (χ0) is 15.0. The maximum Gasteiger partial charge on any atom is 0.199 e. The van der Waals surface area contributed by atoms with Gasteiger partial charge in [0.2, 0.25) is 0 Å². The fourth-order valence-corrected chi connectivity index (χ4v) is 2.84. The van der Waals surface area contributed by atoms with Crippen molar-refractivity contribution < 1.29 is 14.8 Å². The lowest BCUT2D eigenvalue weighted by Crippen LogP contribution is -3.11. The highest BCUT2D eigenvalue weighted by molar-refractivity contribution is 6.35. The number of carbonyl (C=O) groups is 1. The van der Waals surface area contributed by atoms with Crippen LogP contribution in [0.2, 0.25) is 0 Å². The normalized spacial score (nSPS) is 20.2. The van der Waals surface area contributed by atoms with E-state index in [1.54, 1.807) is 19.1 Å². The Morgan fingerprint density at radius 2 is 1.86 bits per heavy atom. The van der Waals surface area contributed by atoms with Crippen molar-refractivity contribution in [2.75, 3.05) is 33.2 Å². The van der Waals surface area contributed by atoms with E-state index in [4.69, 9.17) is 0 Å². The topological polar surface area (TPSA) is 57.3 Å². The van der Waals surface area contributed by atoms with Crippen LogP contribution in [0.3, 0.4) is 0 Å². The van der Waals surface area contributed by atoms with Crippen molar-refractivity contribution >= 4 is 17.3 Å². The minimum Gasteiger partial charge on any atom is -0.506 e. The molecule has 0 spiro atoms. The van der Waals surface area contributed by atoms with Crippen LogP contribution >= 0.6 is 0 Å². The second-order valence-corrected chi connectivity index (χ2v) is 5.69. The summed E-state index contributed by atoms with van der Waals surface area (Å²) in [6, 6.07) is 7.14. The van der Waals surface area contributed by atoms with Crippen molar-refractivity contribution in [3.05, 3.63) is 41.0 Å². The number of Topliss-reactive ketones (excluding diaryl/α,β-unsaturated/α-hetero) is 1. The standard InChI is InChI=1S/C16H19N3O2/c1-11(17-19-9-7-18(2)8-10-19)14-15(20)12-5-3-4-6-13(12)16(14)21/h3-6,20H,7-10H2,1-2H3/p+1/b17-11+. The van der Waals surface area contributed by atoms with E-state index >= 15 is 0 Å². The summed E-state index contributed by atoms with van der Waals surface area (Å²) in [4.78, 5) is 13.9. The first-order valence-electron chi connectivity index (χ1n) is 7.27. The number of nitrogens with one attached hydrogen (secondary N) is 1. The summed E-state index contributed by atoms with van der Waals surface area (Å²) in [5, 5.41) is 16.8. The molecule has 0 unspecified atom stereocenters. The van der Waals surface area contributed by atoms with Crippen LogP contribution in [-0.2, 0) is 0 Å². The van der Waals surface area contributed by atoms with E-state index in [-0.39, 0.29) is 11.5 Å². The molecule has 5 nitrogen and oxygen atoms in total. The first-order chi connectivity index (χ1) is 10.1. The molecule has 0 aromatic heterocycles. The van der Waals surface area contributed by atoms with Crippen LogP contribution in [0.5, 0.6) is 0 Å². The maximum absolute atomic E-state index is 12.4. The van der Waals surface area contributed by atoms with E-state index in [0.29, 0.717) is 22.4 Å². The molecule has 110 valence electrons. The van der Waals surface area contributed by atoms with Crippen molar-refractivity contribution in [3.8, 4) is 0 Å². The fraction of sp³-hybridized carbons (Fsp3) is 0.375. The largest absolute Gasteiger partial charge is 0.506 e. The smallest absolute Gasteiger partial charge is 0.199 e. The van der Waals surface area contributed by atoms with Gasteiger partial charge in [0.15, 0.2) is 5.78 Å². The molecule has 1 heterocycles. The third kappa shape index (κ3) is 2.45. The van der Waals surface area contributed by atoms with Crippen LogP contribution in [0.1, 0.15) is 22.8 Å². The van der Waals surface area contributed by atoms with Crippen LogP contribution in [0.25, 0.3) is 5.76 Å². The average molecular weight is 286 g/mol. The molecule has 1 aliphatic heterocycles. The Kier molecular flexibility index (Phi) is 3.51. The number of ketones is 1. The van der Waals surface area contributed by atoms with E-state index < -0.39 is 0 Å². The molecule has 2 N–H and O–H groups in total. The summed E-state index contributed by atoms with van der Waals surface area (Å²) in [7, 11) is 2.17. The van der Waals surface area contributed by atoms with Gasteiger partial charge in [0.25, 0.3) is 0 Å². The predicted octanol–water partition coefficient (Wildman–Crippen LogP) is 0.358. The molecule has 1 aromatic carbocycles. The monoisotopic (exact) mass is 286 g/mol. The molecular weight excluding hydrogens is 266 g/mol. The van der Waals surface area contributed by atoms with Gasteiger partial charge >= 0.3 is 0 Å². The third-order valence-electron chi connectivity index (χ3n) is 4.14. The summed E-state index contributed by atoms with van der Waals surface area (Å²) in [6.07, 6.45) is 0. The molecule has 2 aliphatic rings. The summed E-state index contributed by atoms with van der Waals surface area (Å²) >= 11 is 0. The molecule has 5 heteroatoms. The van der Waals surface area contributed by atoms with Crippen molar-refractivity contribution in [3.63, 3.8) is 0 Å². The van der Waals surface area contributed by atoms with Gasteiger partial charge in [0.05, 0.1) is 44.5 Å². The lowest BCUT2D eigenvalue weighted by Gasteiger charge is -2.28.